The number of nitrogens with zero attached hydrogens (tertiary/aromatic N) is 5. The van der Waals surface area contributed by atoms with Crippen molar-refractivity contribution in [2.75, 3.05) is 13.1 Å². The molecule has 3 aromatic rings. The smallest absolute Gasteiger partial charge is 0.307 e. The quantitative estimate of drug-likeness (QED) is 0.438. The third-order valence-corrected chi connectivity index (χ3v) is 8.43. The van der Waals surface area contributed by atoms with E-state index in [0.717, 1.165) is 24.0 Å². The van der Waals surface area contributed by atoms with Crippen LogP contribution in [0, 0.1) is 11.8 Å². The number of aryl methyl sites for hydroxylation is 1. The molecule has 1 N–H and O–H groups in total. The molecular weight excluding hydrogens is 526 g/mol. The van der Waals surface area contributed by atoms with Crippen LogP contribution in [0.1, 0.15) is 69.3 Å². The second kappa shape index (κ2) is 10.8. The zero-order valence-corrected chi connectivity index (χ0v) is 22.7. The van der Waals surface area contributed by atoms with Crippen molar-refractivity contribution in [3.05, 3.63) is 76.6 Å². The van der Waals surface area contributed by atoms with Crippen LogP contribution in [0.4, 0.5) is 0 Å². The van der Waals surface area contributed by atoms with Gasteiger partial charge < -0.3 is 14.7 Å². The number of carboxylic acid groups (broad SMARTS) is 1. The maximum absolute atomic E-state index is 14.1. The molecule has 0 spiro atoms. The summed E-state index contributed by atoms with van der Waals surface area (Å²) in [5.74, 6) is -2.96. The standard InChI is InChI=1S/C30H31N5O6/c1-33-15-19(31-32-33)17-41-25-12-6-7-18-13-14-34(27(36)22-10-4-5-11-23(22)30(39)40)24(26(18)25)16-35-28(37)20-8-2-3-9-21(20)29(35)38/h2-3,6-9,12,15,22-24H,4-5,10-11,13-14,16-17H2,1H3,(H,39,40)/t22?,23-,24-/m1/s1. The van der Waals surface area contributed by atoms with Crippen LogP contribution in [0.25, 0.3) is 0 Å². The van der Waals surface area contributed by atoms with Gasteiger partial charge in [-0.05, 0) is 43.0 Å². The molecule has 0 bridgehead atoms. The van der Waals surface area contributed by atoms with Gasteiger partial charge in [0.15, 0.2) is 0 Å². The summed E-state index contributed by atoms with van der Waals surface area (Å²) in [6.45, 7) is 0.416. The molecule has 11 heteroatoms. The summed E-state index contributed by atoms with van der Waals surface area (Å²) >= 11 is 0. The lowest BCUT2D eigenvalue weighted by molar-refractivity contribution is -0.153. The highest BCUT2D eigenvalue weighted by Gasteiger charge is 2.45. The summed E-state index contributed by atoms with van der Waals surface area (Å²) < 4.78 is 7.79. The van der Waals surface area contributed by atoms with Crippen LogP contribution in [0.5, 0.6) is 5.75 Å². The number of aliphatic carboxylic acids is 1. The average molecular weight is 558 g/mol. The summed E-state index contributed by atoms with van der Waals surface area (Å²) in [5, 5.41) is 17.9. The second-order valence-electron chi connectivity index (χ2n) is 10.9. The maximum atomic E-state index is 14.1. The Kier molecular flexibility index (Phi) is 7.02. The number of hydrogen-bond acceptors (Lipinski definition) is 7. The van der Waals surface area contributed by atoms with Crippen LogP contribution in [0.15, 0.2) is 48.7 Å². The Hall–Kier alpha value is -4.54. The van der Waals surface area contributed by atoms with E-state index in [1.54, 1.807) is 53.2 Å². The lowest BCUT2D eigenvalue weighted by Gasteiger charge is -2.42. The van der Waals surface area contributed by atoms with Gasteiger partial charge in [0.05, 0.1) is 41.7 Å². The normalized spacial score (nSPS) is 21.9. The average Bonchev–Trinajstić information content (AvgIpc) is 3.51. The highest BCUT2D eigenvalue weighted by Crippen LogP contribution is 2.41. The van der Waals surface area contributed by atoms with Gasteiger partial charge in [-0.1, -0.05) is 42.3 Å². The van der Waals surface area contributed by atoms with E-state index in [-0.39, 0.29) is 19.1 Å². The number of amides is 3. The molecule has 11 nitrogen and oxygen atoms in total. The van der Waals surface area contributed by atoms with Crippen molar-refractivity contribution in [3.63, 3.8) is 0 Å². The van der Waals surface area contributed by atoms with E-state index >= 15 is 0 Å². The van der Waals surface area contributed by atoms with Gasteiger partial charge in [-0.3, -0.25) is 28.8 Å². The van der Waals surface area contributed by atoms with Gasteiger partial charge in [-0.25, -0.2) is 0 Å². The van der Waals surface area contributed by atoms with Gasteiger partial charge >= 0.3 is 5.97 Å². The molecule has 212 valence electrons. The van der Waals surface area contributed by atoms with Crippen molar-refractivity contribution in [1.29, 1.82) is 0 Å². The molecule has 41 heavy (non-hydrogen) atoms. The molecule has 0 saturated heterocycles. The summed E-state index contributed by atoms with van der Waals surface area (Å²) in [6.07, 6.45) is 4.76. The maximum Gasteiger partial charge on any atom is 0.307 e. The largest absolute Gasteiger partial charge is 0.487 e. The predicted octanol–water partition coefficient (Wildman–Crippen LogP) is 3.01. The minimum absolute atomic E-state index is 0.0684. The highest BCUT2D eigenvalue weighted by molar-refractivity contribution is 6.21. The molecule has 3 heterocycles. The number of ether oxygens (including phenoxy) is 1. The topological polar surface area (TPSA) is 135 Å². The molecule has 6 rings (SSSR count). The van der Waals surface area contributed by atoms with Crippen LogP contribution in [-0.4, -0.2) is 66.7 Å². The number of benzene rings is 2. The summed E-state index contributed by atoms with van der Waals surface area (Å²) in [7, 11) is 1.76. The fraction of sp³-hybridized carbons (Fsp3) is 0.400. The SMILES string of the molecule is Cn1cc(COc2cccc3c2[C@@H](CN2C(=O)c4ccccc4C2=O)N(C(=O)C2CCCC[C@H]2C(=O)O)CC3)nn1. The van der Waals surface area contributed by atoms with Gasteiger partial charge in [0.25, 0.3) is 11.8 Å². The first-order valence-electron chi connectivity index (χ1n) is 13.9. The third kappa shape index (κ3) is 4.85. The molecular formula is C30H31N5O6. The third-order valence-electron chi connectivity index (χ3n) is 8.43. The van der Waals surface area contributed by atoms with E-state index < -0.39 is 35.7 Å². The van der Waals surface area contributed by atoms with Crippen LogP contribution < -0.4 is 4.74 Å². The number of carbonyl (C=O) groups is 4. The molecule has 0 radical (unpaired) electrons. The first-order chi connectivity index (χ1) is 19.8. The number of aromatic nitrogens is 3. The lowest BCUT2D eigenvalue weighted by Crippen LogP contribution is -2.50. The fourth-order valence-electron chi connectivity index (χ4n) is 6.44. The first-order valence-corrected chi connectivity index (χ1v) is 13.9. The predicted molar refractivity (Wildman–Crippen MR) is 145 cm³/mol. The van der Waals surface area contributed by atoms with Gasteiger partial charge in [0.1, 0.15) is 18.1 Å². The molecule has 2 aliphatic heterocycles. The molecule has 1 unspecified atom stereocenters. The van der Waals surface area contributed by atoms with Crippen molar-refractivity contribution >= 4 is 23.7 Å². The van der Waals surface area contributed by atoms with Gasteiger partial charge in [0, 0.05) is 19.2 Å². The molecule has 3 atom stereocenters. The van der Waals surface area contributed by atoms with Crippen LogP contribution in [0.2, 0.25) is 0 Å². The Balaban J connectivity index is 1.38. The summed E-state index contributed by atoms with van der Waals surface area (Å²) in [5.41, 5.74) is 2.95. The monoisotopic (exact) mass is 557 g/mol. The number of rotatable bonds is 7. The Morgan fingerprint density at radius 2 is 1.71 bits per heavy atom. The minimum atomic E-state index is -0.967. The molecule has 1 aromatic heterocycles. The highest BCUT2D eigenvalue weighted by atomic mass is 16.5. The Morgan fingerprint density at radius 3 is 2.37 bits per heavy atom. The molecule has 3 aliphatic rings. The number of imide groups is 1. The lowest BCUT2D eigenvalue weighted by atomic mass is 9.77. The first kappa shape index (κ1) is 26.7. The number of hydrogen-bond donors (Lipinski definition) is 1. The molecule has 2 aromatic carbocycles. The Morgan fingerprint density at radius 1 is 1.00 bits per heavy atom. The molecule has 1 aliphatic carbocycles. The van der Waals surface area contributed by atoms with Crippen LogP contribution >= 0.6 is 0 Å². The second-order valence-corrected chi connectivity index (χ2v) is 10.9. The van der Waals surface area contributed by atoms with E-state index in [2.05, 4.69) is 10.3 Å². The van der Waals surface area contributed by atoms with Crippen molar-refractivity contribution in [2.45, 2.75) is 44.8 Å². The summed E-state index contributed by atoms with van der Waals surface area (Å²) in [6, 6.07) is 11.6. The zero-order valence-electron chi connectivity index (χ0n) is 22.7. The summed E-state index contributed by atoms with van der Waals surface area (Å²) in [4.78, 5) is 55.9. The van der Waals surface area contributed by atoms with Crippen LogP contribution in [0.3, 0.4) is 0 Å². The number of fused-ring (bicyclic) bond motifs is 2. The van der Waals surface area contributed by atoms with E-state index in [9.17, 15) is 24.3 Å². The minimum Gasteiger partial charge on any atom is -0.487 e. The van der Waals surface area contributed by atoms with Gasteiger partial charge in [0.2, 0.25) is 5.91 Å². The van der Waals surface area contributed by atoms with Crippen molar-refractivity contribution in [1.82, 2.24) is 24.8 Å². The Labute approximate surface area is 236 Å². The van der Waals surface area contributed by atoms with E-state index in [1.807, 2.05) is 12.1 Å². The molecule has 1 saturated carbocycles. The van der Waals surface area contributed by atoms with E-state index in [1.165, 1.54) is 4.90 Å². The number of carbonyl (C=O) groups excluding carboxylic acids is 3. The molecule has 1 fully saturated rings. The van der Waals surface area contributed by atoms with Crippen molar-refractivity contribution in [3.8, 4) is 5.75 Å². The van der Waals surface area contributed by atoms with Gasteiger partial charge in [-0.2, -0.15) is 0 Å². The van der Waals surface area contributed by atoms with E-state index in [4.69, 9.17) is 4.74 Å². The van der Waals surface area contributed by atoms with E-state index in [0.29, 0.717) is 48.4 Å². The van der Waals surface area contributed by atoms with Gasteiger partial charge in [-0.15, -0.1) is 5.10 Å². The van der Waals surface area contributed by atoms with Crippen LogP contribution in [-0.2, 0) is 29.7 Å². The molecule has 3 amide bonds. The zero-order chi connectivity index (χ0) is 28.7. The van der Waals surface area contributed by atoms with Crippen molar-refractivity contribution < 1.29 is 29.0 Å². The van der Waals surface area contributed by atoms with Crippen molar-refractivity contribution in [2.24, 2.45) is 18.9 Å². The fourth-order valence-corrected chi connectivity index (χ4v) is 6.44. The Bertz CT molecular complexity index is 1500. The number of carboxylic acids is 1.